The second-order valence-electron chi connectivity index (χ2n) is 9.18. The van der Waals surface area contributed by atoms with Gasteiger partial charge in [-0.15, -0.1) is 0 Å². The summed E-state index contributed by atoms with van der Waals surface area (Å²) < 4.78 is 28.1. The number of pyridine rings is 1. The number of methoxy groups -OCH3 is 1. The Hall–Kier alpha value is -3.93. The Labute approximate surface area is 216 Å². The van der Waals surface area contributed by atoms with Crippen molar-refractivity contribution in [1.29, 1.82) is 0 Å². The molecule has 1 aliphatic carbocycles. The highest BCUT2D eigenvalue weighted by Crippen LogP contribution is 2.44. The maximum absolute atomic E-state index is 15.6. The van der Waals surface area contributed by atoms with Crippen LogP contribution in [0.3, 0.4) is 0 Å². The number of rotatable bonds is 5. The van der Waals surface area contributed by atoms with Crippen LogP contribution in [0.4, 0.5) is 10.1 Å². The Morgan fingerprint density at radius 2 is 2.05 bits per heavy atom. The van der Waals surface area contributed by atoms with Gasteiger partial charge in [-0.3, -0.25) is 14.9 Å². The predicted octanol–water partition coefficient (Wildman–Crippen LogP) is 3.00. The highest BCUT2D eigenvalue weighted by molar-refractivity contribution is 7.80. The number of halogens is 1. The fourth-order valence-corrected chi connectivity index (χ4v) is 5.19. The number of carbonyl (C=O) groups is 2. The zero-order valence-electron chi connectivity index (χ0n) is 20.2. The topological polar surface area (TPSA) is 117 Å². The molecule has 3 aromatic rings. The standard InChI is InChI=1S/C25H25FN4O6S/c1-13-11-28(7-8-29(13)25(37)27-23(32)18-4-3-9-36-18)20-17(26)10-15-19(22(20)35-2)30(14-5-6-14)12-16(21(15)31)24(33)34/h3-4,9-10,12-14H,5-8,11H2,1-2H3,(H,33,34)(H,27,32,37)/t13-/m0/s1. The number of carboxylic acid groups (broad SMARTS) is 1. The first kappa shape index (κ1) is 24.8. The molecule has 2 fully saturated rings. The number of amides is 1. The quantitative estimate of drug-likeness (QED) is 0.482. The van der Waals surface area contributed by atoms with Gasteiger partial charge < -0.3 is 28.6 Å². The van der Waals surface area contributed by atoms with Crippen LogP contribution in [-0.4, -0.2) is 64.3 Å². The Kier molecular flexibility index (Phi) is 6.36. The monoisotopic (exact) mass is 528 g/mol. The summed E-state index contributed by atoms with van der Waals surface area (Å²) in [5.41, 5.74) is -0.573. The molecule has 1 atom stereocenters. The third-order valence-corrected chi connectivity index (χ3v) is 7.08. The fourth-order valence-electron chi connectivity index (χ4n) is 4.82. The zero-order chi connectivity index (χ0) is 26.4. The fraction of sp³-hybridized carbons (Fsp3) is 0.360. The molecular weight excluding hydrogens is 503 g/mol. The van der Waals surface area contributed by atoms with Gasteiger partial charge in [0, 0.05) is 37.9 Å². The molecule has 0 bridgehead atoms. The summed E-state index contributed by atoms with van der Waals surface area (Å²) in [5.74, 6) is -2.16. The van der Waals surface area contributed by atoms with Crippen LogP contribution in [0, 0.1) is 5.82 Å². The Balaban J connectivity index is 1.47. The number of thiocarbonyl (C=S) groups is 1. The number of aromatic carboxylic acids is 1. The minimum Gasteiger partial charge on any atom is -0.492 e. The first-order valence-corrected chi connectivity index (χ1v) is 12.2. The van der Waals surface area contributed by atoms with E-state index in [1.54, 1.807) is 10.6 Å². The molecule has 1 saturated carbocycles. The minimum absolute atomic E-state index is 0.0133. The summed E-state index contributed by atoms with van der Waals surface area (Å²) in [6.45, 7) is 3.02. The maximum Gasteiger partial charge on any atom is 0.341 e. The van der Waals surface area contributed by atoms with Crippen LogP contribution in [0.25, 0.3) is 10.9 Å². The summed E-state index contributed by atoms with van der Waals surface area (Å²) in [5, 5.41) is 12.4. The highest BCUT2D eigenvalue weighted by Gasteiger charge is 2.34. The number of carbonyl (C=O) groups excluding carboxylic acids is 1. The summed E-state index contributed by atoms with van der Waals surface area (Å²) >= 11 is 5.44. The van der Waals surface area contributed by atoms with Crippen LogP contribution in [0.15, 0.2) is 39.9 Å². The largest absolute Gasteiger partial charge is 0.492 e. The normalized spacial score (nSPS) is 17.6. The number of ether oxygens (including phenoxy) is 1. The molecule has 1 aliphatic heterocycles. The van der Waals surface area contributed by atoms with Crippen molar-refractivity contribution in [1.82, 2.24) is 14.8 Å². The van der Waals surface area contributed by atoms with Crippen molar-refractivity contribution in [3.63, 3.8) is 0 Å². The average molecular weight is 529 g/mol. The van der Waals surface area contributed by atoms with E-state index in [4.69, 9.17) is 21.4 Å². The van der Waals surface area contributed by atoms with E-state index in [-0.39, 0.29) is 39.8 Å². The second-order valence-corrected chi connectivity index (χ2v) is 9.56. The number of hydrogen-bond acceptors (Lipinski definition) is 7. The number of benzene rings is 1. The molecule has 37 heavy (non-hydrogen) atoms. The molecule has 2 aromatic heterocycles. The van der Waals surface area contributed by atoms with E-state index in [0.717, 1.165) is 18.9 Å². The Bertz CT molecular complexity index is 1470. The van der Waals surface area contributed by atoms with E-state index < -0.39 is 28.7 Å². The number of piperazine rings is 1. The molecule has 3 heterocycles. The molecule has 0 unspecified atom stereocenters. The second kappa shape index (κ2) is 9.51. The van der Waals surface area contributed by atoms with Gasteiger partial charge in [-0.1, -0.05) is 0 Å². The molecule has 1 amide bonds. The number of nitrogens with zero attached hydrogens (tertiary/aromatic N) is 3. The molecule has 12 heteroatoms. The summed E-state index contributed by atoms with van der Waals surface area (Å²) in [6.07, 6.45) is 4.37. The van der Waals surface area contributed by atoms with Crippen LogP contribution >= 0.6 is 12.2 Å². The van der Waals surface area contributed by atoms with Crippen molar-refractivity contribution < 1.29 is 28.2 Å². The third kappa shape index (κ3) is 4.41. The molecule has 1 saturated heterocycles. The van der Waals surface area contributed by atoms with Crippen molar-refractivity contribution in [3.05, 3.63) is 58.0 Å². The van der Waals surface area contributed by atoms with E-state index >= 15 is 4.39 Å². The van der Waals surface area contributed by atoms with Gasteiger partial charge in [-0.05, 0) is 50.2 Å². The Morgan fingerprint density at radius 3 is 2.65 bits per heavy atom. The van der Waals surface area contributed by atoms with Gasteiger partial charge in [-0.25, -0.2) is 9.18 Å². The lowest BCUT2D eigenvalue weighted by Crippen LogP contribution is -2.57. The predicted molar refractivity (Wildman–Crippen MR) is 137 cm³/mol. The number of furan rings is 1. The number of carboxylic acids is 1. The van der Waals surface area contributed by atoms with Crippen LogP contribution in [0.2, 0.25) is 0 Å². The van der Waals surface area contributed by atoms with Crippen LogP contribution < -0.4 is 20.4 Å². The number of fused-ring (bicyclic) bond motifs is 1. The lowest BCUT2D eigenvalue weighted by Gasteiger charge is -2.42. The number of anilines is 1. The van der Waals surface area contributed by atoms with Gasteiger partial charge >= 0.3 is 5.97 Å². The van der Waals surface area contributed by atoms with Crippen LogP contribution in [0.1, 0.15) is 46.7 Å². The van der Waals surface area contributed by atoms with Crippen molar-refractivity contribution in [2.45, 2.75) is 31.8 Å². The molecule has 194 valence electrons. The van der Waals surface area contributed by atoms with Gasteiger partial charge in [0.15, 0.2) is 22.4 Å². The van der Waals surface area contributed by atoms with Crippen molar-refractivity contribution in [2.24, 2.45) is 0 Å². The molecule has 1 aromatic carbocycles. The van der Waals surface area contributed by atoms with Gasteiger partial charge in [-0.2, -0.15) is 0 Å². The van der Waals surface area contributed by atoms with Crippen LogP contribution in [-0.2, 0) is 0 Å². The summed E-state index contributed by atoms with van der Waals surface area (Å²) in [6, 6.07) is 4.06. The number of aromatic nitrogens is 1. The van der Waals surface area contributed by atoms with Crippen molar-refractivity contribution >= 4 is 45.8 Å². The summed E-state index contributed by atoms with van der Waals surface area (Å²) in [7, 11) is 1.41. The average Bonchev–Trinajstić information content (AvgIpc) is 3.55. The lowest BCUT2D eigenvalue weighted by molar-refractivity contribution is 0.0694. The summed E-state index contributed by atoms with van der Waals surface area (Å²) in [4.78, 5) is 40.6. The van der Waals surface area contributed by atoms with Crippen LogP contribution in [0.5, 0.6) is 5.75 Å². The molecule has 2 aliphatic rings. The highest BCUT2D eigenvalue weighted by atomic mass is 32.1. The van der Waals surface area contributed by atoms with Gasteiger partial charge in [0.25, 0.3) is 5.91 Å². The first-order valence-electron chi connectivity index (χ1n) is 11.8. The van der Waals surface area contributed by atoms with Gasteiger partial charge in [0.2, 0.25) is 5.43 Å². The smallest absolute Gasteiger partial charge is 0.341 e. The third-order valence-electron chi connectivity index (χ3n) is 6.74. The molecule has 2 N–H and O–H groups in total. The molecular formula is C25H25FN4O6S. The zero-order valence-corrected chi connectivity index (χ0v) is 21.0. The molecule has 0 spiro atoms. The van der Waals surface area contributed by atoms with Gasteiger partial charge in [0.05, 0.1) is 24.3 Å². The lowest BCUT2D eigenvalue weighted by atomic mass is 10.1. The molecule has 5 rings (SSSR count). The van der Waals surface area contributed by atoms with Gasteiger partial charge in [0.1, 0.15) is 11.3 Å². The van der Waals surface area contributed by atoms with E-state index in [9.17, 15) is 19.5 Å². The maximum atomic E-state index is 15.6. The van der Waals surface area contributed by atoms with E-state index in [0.29, 0.717) is 25.2 Å². The SMILES string of the molecule is COc1c(N2CCN(C(=S)NC(=O)c3ccco3)[C@@H](C)C2)c(F)cc2c(=O)c(C(=O)O)cn(C3CC3)c12. The van der Waals surface area contributed by atoms with Crippen molar-refractivity contribution in [2.75, 3.05) is 31.6 Å². The minimum atomic E-state index is -1.36. The molecule has 10 nitrogen and oxygen atoms in total. The number of hydrogen-bond donors (Lipinski definition) is 2. The first-order chi connectivity index (χ1) is 17.7. The number of nitrogens with one attached hydrogen (secondary N) is 1. The van der Waals surface area contributed by atoms with Crippen molar-refractivity contribution in [3.8, 4) is 5.75 Å². The van der Waals surface area contributed by atoms with E-state index in [1.807, 2.05) is 16.7 Å². The van der Waals surface area contributed by atoms with E-state index in [1.165, 1.54) is 25.6 Å². The molecule has 0 radical (unpaired) electrons. The Morgan fingerprint density at radius 1 is 1.30 bits per heavy atom. The van der Waals surface area contributed by atoms with E-state index in [2.05, 4.69) is 5.32 Å².